The first kappa shape index (κ1) is 15.5. The number of nitrogen functional groups attached to an aromatic ring is 1. The minimum Gasteiger partial charge on any atom is -0.368 e. The minimum atomic E-state index is -1.10. The standard InChI is InChI=1S/C16H22N6Si/c1-23(2,3)7-5-11-8-13(9-12-10-19-22-15(11)12)20-14-4-6-18-16(17)21-14/h4,6,8-10H,5,7H2,1-3H3,(H,19,22)(H3,17,18,20,21). The largest absolute Gasteiger partial charge is 0.368 e. The van der Waals surface area contributed by atoms with Gasteiger partial charge >= 0.3 is 0 Å². The molecule has 1 aromatic carbocycles. The van der Waals surface area contributed by atoms with E-state index in [1.165, 1.54) is 11.6 Å². The summed E-state index contributed by atoms with van der Waals surface area (Å²) in [5.41, 5.74) is 9.03. The highest BCUT2D eigenvalue weighted by atomic mass is 28.3. The molecule has 0 bridgehead atoms. The van der Waals surface area contributed by atoms with Gasteiger partial charge in [-0.15, -0.1) is 0 Å². The first-order valence-electron chi connectivity index (χ1n) is 7.72. The van der Waals surface area contributed by atoms with Crippen LogP contribution in [-0.2, 0) is 6.42 Å². The summed E-state index contributed by atoms with van der Waals surface area (Å²) in [5.74, 6) is 0.954. The van der Waals surface area contributed by atoms with Crippen LogP contribution in [0.5, 0.6) is 0 Å². The van der Waals surface area contributed by atoms with Gasteiger partial charge in [0, 0.05) is 25.3 Å². The van der Waals surface area contributed by atoms with Gasteiger partial charge < -0.3 is 11.1 Å². The first-order chi connectivity index (χ1) is 10.9. The Morgan fingerprint density at radius 1 is 1.26 bits per heavy atom. The normalized spacial score (nSPS) is 11.8. The van der Waals surface area contributed by atoms with Gasteiger partial charge in [-0.2, -0.15) is 10.1 Å². The molecule has 0 saturated heterocycles. The Hall–Kier alpha value is -2.41. The maximum absolute atomic E-state index is 5.64. The number of H-pyrrole nitrogens is 1. The number of nitrogens with zero attached hydrogens (tertiary/aromatic N) is 3. The summed E-state index contributed by atoms with van der Waals surface area (Å²) >= 11 is 0. The van der Waals surface area contributed by atoms with Crippen LogP contribution >= 0.6 is 0 Å². The average Bonchev–Trinajstić information content (AvgIpc) is 2.92. The monoisotopic (exact) mass is 326 g/mol. The fourth-order valence-electron chi connectivity index (χ4n) is 2.50. The molecular weight excluding hydrogens is 304 g/mol. The summed E-state index contributed by atoms with van der Waals surface area (Å²) in [4.78, 5) is 8.10. The third kappa shape index (κ3) is 3.87. The van der Waals surface area contributed by atoms with Crippen molar-refractivity contribution >= 4 is 36.4 Å². The molecule has 7 heteroatoms. The molecule has 4 N–H and O–H groups in total. The van der Waals surface area contributed by atoms with Crippen LogP contribution < -0.4 is 11.1 Å². The van der Waals surface area contributed by atoms with Crippen molar-refractivity contribution in [2.75, 3.05) is 11.1 Å². The Balaban J connectivity index is 1.92. The van der Waals surface area contributed by atoms with Crippen LogP contribution in [0.1, 0.15) is 5.56 Å². The molecule has 6 nitrogen and oxygen atoms in total. The second kappa shape index (κ2) is 6.00. The zero-order chi connectivity index (χ0) is 16.4. The van der Waals surface area contributed by atoms with Crippen LogP contribution in [0, 0.1) is 0 Å². The lowest BCUT2D eigenvalue weighted by Crippen LogP contribution is -2.20. The van der Waals surface area contributed by atoms with E-state index < -0.39 is 8.07 Å². The van der Waals surface area contributed by atoms with Gasteiger partial charge in [-0.25, -0.2) is 4.98 Å². The van der Waals surface area contributed by atoms with Crippen molar-refractivity contribution in [3.63, 3.8) is 0 Å². The van der Waals surface area contributed by atoms with E-state index in [-0.39, 0.29) is 5.95 Å². The number of hydrogen-bond acceptors (Lipinski definition) is 5. The summed E-state index contributed by atoms with van der Waals surface area (Å²) in [6.45, 7) is 7.18. The predicted octanol–water partition coefficient (Wildman–Crippen LogP) is 3.56. The Labute approximate surface area is 136 Å². The molecule has 2 aromatic heterocycles. The summed E-state index contributed by atoms with van der Waals surface area (Å²) < 4.78 is 0. The molecular formula is C16H22N6Si. The van der Waals surface area contributed by atoms with Crippen LogP contribution in [0.3, 0.4) is 0 Å². The van der Waals surface area contributed by atoms with Gasteiger partial charge in [0.05, 0.1) is 11.7 Å². The molecule has 0 fully saturated rings. The number of rotatable bonds is 5. The average molecular weight is 326 g/mol. The highest BCUT2D eigenvalue weighted by Crippen LogP contribution is 2.26. The minimum absolute atomic E-state index is 0.262. The van der Waals surface area contributed by atoms with Crippen LogP contribution in [0.2, 0.25) is 25.7 Å². The van der Waals surface area contributed by atoms with Gasteiger partial charge in [0.2, 0.25) is 5.95 Å². The highest BCUT2D eigenvalue weighted by molar-refractivity contribution is 6.76. The SMILES string of the molecule is C[Si](C)(C)CCc1cc(Nc2ccnc(N)n2)cc2cn[nH]c12. The number of fused-ring (bicyclic) bond motifs is 1. The van der Waals surface area contributed by atoms with Crippen LogP contribution in [-0.4, -0.2) is 28.2 Å². The van der Waals surface area contributed by atoms with Crippen molar-refractivity contribution in [1.29, 1.82) is 0 Å². The van der Waals surface area contributed by atoms with Crippen molar-refractivity contribution in [3.8, 4) is 0 Å². The van der Waals surface area contributed by atoms with E-state index in [4.69, 9.17) is 5.73 Å². The number of benzene rings is 1. The summed E-state index contributed by atoms with van der Waals surface area (Å²) in [6.07, 6.45) is 4.55. The number of nitrogens with two attached hydrogens (primary N) is 1. The molecule has 120 valence electrons. The molecule has 0 atom stereocenters. The fourth-order valence-corrected chi connectivity index (χ4v) is 3.52. The van der Waals surface area contributed by atoms with Gasteiger partial charge in [-0.05, 0) is 30.2 Å². The third-order valence-corrected chi connectivity index (χ3v) is 5.47. The molecule has 0 radical (unpaired) electrons. The Bertz CT molecular complexity index is 821. The highest BCUT2D eigenvalue weighted by Gasteiger charge is 2.15. The van der Waals surface area contributed by atoms with E-state index in [9.17, 15) is 0 Å². The van der Waals surface area contributed by atoms with Gasteiger partial charge in [-0.1, -0.05) is 25.7 Å². The van der Waals surface area contributed by atoms with Gasteiger partial charge in [0.1, 0.15) is 5.82 Å². The third-order valence-electron chi connectivity index (χ3n) is 3.72. The Morgan fingerprint density at radius 3 is 2.83 bits per heavy atom. The van der Waals surface area contributed by atoms with Gasteiger partial charge in [0.15, 0.2) is 0 Å². The molecule has 0 aliphatic rings. The quantitative estimate of drug-likeness (QED) is 0.623. The van der Waals surface area contributed by atoms with E-state index in [0.717, 1.165) is 23.0 Å². The van der Waals surface area contributed by atoms with E-state index in [0.29, 0.717) is 5.82 Å². The van der Waals surface area contributed by atoms with Crippen molar-refractivity contribution in [2.24, 2.45) is 0 Å². The molecule has 0 spiro atoms. The number of hydrogen-bond donors (Lipinski definition) is 3. The van der Waals surface area contributed by atoms with E-state index in [1.54, 1.807) is 12.3 Å². The van der Waals surface area contributed by atoms with E-state index in [2.05, 4.69) is 57.3 Å². The van der Waals surface area contributed by atoms with Crippen molar-refractivity contribution in [2.45, 2.75) is 32.1 Å². The lowest BCUT2D eigenvalue weighted by molar-refractivity contribution is 1.07. The molecule has 23 heavy (non-hydrogen) atoms. The molecule has 2 heterocycles. The summed E-state index contributed by atoms with van der Waals surface area (Å²) in [5, 5.41) is 11.7. The predicted molar refractivity (Wildman–Crippen MR) is 97.7 cm³/mol. The lowest BCUT2D eigenvalue weighted by Gasteiger charge is -2.16. The molecule has 0 saturated carbocycles. The van der Waals surface area contributed by atoms with Crippen molar-refractivity contribution in [3.05, 3.63) is 36.2 Å². The van der Waals surface area contributed by atoms with Gasteiger partial charge in [-0.3, -0.25) is 5.10 Å². The topological polar surface area (TPSA) is 92.5 Å². The number of nitrogens with one attached hydrogen (secondary N) is 2. The van der Waals surface area contributed by atoms with Crippen LogP contribution in [0.4, 0.5) is 17.5 Å². The fraction of sp³-hybridized carbons (Fsp3) is 0.312. The van der Waals surface area contributed by atoms with E-state index in [1.807, 2.05) is 6.20 Å². The Morgan fingerprint density at radius 2 is 2.09 bits per heavy atom. The number of aromatic nitrogens is 4. The smallest absolute Gasteiger partial charge is 0.221 e. The van der Waals surface area contributed by atoms with E-state index >= 15 is 0 Å². The number of anilines is 3. The zero-order valence-electron chi connectivity index (χ0n) is 13.7. The molecule has 0 unspecified atom stereocenters. The summed E-state index contributed by atoms with van der Waals surface area (Å²) in [7, 11) is -1.10. The summed E-state index contributed by atoms with van der Waals surface area (Å²) in [6, 6.07) is 7.27. The molecule has 0 aliphatic heterocycles. The van der Waals surface area contributed by atoms with Crippen molar-refractivity contribution in [1.82, 2.24) is 20.2 Å². The number of aryl methyl sites for hydroxylation is 1. The molecule has 0 amide bonds. The Kier molecular flexibility index (Phi) is 4.04. The maximum Gasteiger partial charge on any atom is 0.221 e. The molecule has 3 rings (SSSR count). The second-order valence-electron chi connectivity index (χ2n) is 6.96. The van der Waals surface area contributed by atoms with Crippen LogP contribution in [0.15, 0.2) is 30.6 Å². The van der Waals surface area contributed by atoms with Gasteiger partial charge in [0.25, 0.3) is 0 Å². The van der Waals surface area contributed by atoms with Crippen LogP contribution in [0.25, 0.3) is 10.9 Å². The molecule has 0 aliphatic carbocycles. The maximum atomic E-state index is 5.64. The zero-order valence-corrected chi connectivity index (χ0v) is 14.7. The lowest BCUT2D eigenvalue weighted by atomic mass is 10.1. The number of aromatic amines is 1. The van der Waals surface area contributed by atoms with Crippen molar-refractivity contribution < 1.29 is 0 Å². The first-order valence-corrected chi connectivity index (χ1v) is 11.4. The molecule has 3 aromatic rings. The second-order valence-corrected chi connectivity index (χ2v) is 12.6.